The van der Waals surface area contributed by atoms with Gasteiger partial charge in [-0.25, -0.2) is 0 Å². The molecular formula is C11H13NO5. The molecule has 0 amide bonds. The molecule has 0 fully saturated rings. The number of ether oxygens (including phenoxy) is 2. The molecule has 0 saturated heterocycles. The van der Waals surface area contributed by atoms with Crippen molar-refractivity contribution in [3.63, 3.8) is 0 Å². The minimum Gasteiger partial charge on any atom is -0.496 e. The number of non-ortho nitro benzene ring substituents is 1. The van der Waals surface area contributed by atoms with Gasteiger partial charge in [-0.05, 0) is 18.6 Å². The third-order valence-corrected chi connectivity index (χ3v) is 2.05. The Morgan fingerprint density at radius 1 is 1.41 bits per heavy atom. The van der Waals surface area contributed by atoms with Crippen molar-refractivity contribution in [3.05, 3.63) is 33.9 Å². The lowest BCUT2D eigenvalue weighted by Gasteiger charge is -2.05. The molecule has 0 spiro atoms. The van der Waals surface area contributed by atoms with E-state index in [9.17, 15) is 14.9 Å². The van der Waals surface area contributed by atoms with Crippen molar-refractivity contribution in [1.82, 2.24) is 0 Å². The van der Waals surface area contributed by atoms with Gasteiger partial charge >= 0.3 is 5.97 Å². The molecule has 0 heterocycles. The third-order valence-electron chi connectivity index (χ3n) is 2.05. The Labute approximate surface area is 98.3 Å². The summed E-state index contributed by atoms with van der Waals surface area (Å²) in [6.07, 6.45) is -0.00806. The number of benzene rings is 1. The number of nitro groups is 1. The zero-order chi connectivity index (χ0) is 12.8. The normalized spacial score (nSPS) is 9.76. The molecule has 0 aromatic heterocycles. The Morgan fingerprint density at radius 3 is 2.65 bits per heavy atom. The SMILES string of the molecule is CCOC(=O)Cc1cc(OC)cc([N+](=O)[O-])c1. The second-order valence-corrected chi connectivity index (χ2v) is 3.28. The summed E-state index contributed by atoms with van der Waals surface area (Å²) in [4.78, 5) is 21.4. The maximum Gasteiger partial charge on any atom is 0.310 e. The van der Waals surface area contributed by atoms with Crippen LogP contribution in [0, 0.1) is 10.1 Å². The number of methoxy groups -OCH3 is 1. The van der Waals surface area contributed by atoms with Crippen LogP contribution in [0.5, 0.6) is 5.75 Å². The van der Waals surface area contributed by atoms with Crippen LogP contribution >= 0.6 is 0 Å². The highest BCUT2D eigenvalue weighted by molar-refractivity contribution is 5.73. The van der Waals surface area contributed by atoms with E-state index < -0.39 is 10.9 Å². The van der Waals surface area contributed by atoms with E-state index in [1.807, 2.05) is 0 Å². The first-order valence-electron chi connectivity index (χ1n) is 5.04. The summed E-state index contributed by atoms with van der Waals surface area (Å²) in [5.41, 5.74) is 0.387. The molecule has 0 aliphatic heterocycles. The molecule has 0 saturated carbocycles. The van der Waals surface area contributed by atoms with Crippen molar-refractivity contribution in [3.8, 4) is 5.75 Å². The number of nitrogens with zero attached hydrogens (tertiary/aromatic N) is 1. The topological polar surface area (TPSA) is 78.7 Å². The van der Waals surface area contributed by atoms with E-state index in [1.54, 1.807) is 13.0 Å². The van der Waals surface area contributed by atoms with Crippen LogP contribution in [0.4, 0.5) is 5.69 Å². The fourth-order valence-electron chi connectivity index (χ4n) is 1.35. The molecule has 0 bridgehead atoms. The molecular weight excluding hydrogens is 226 g/mol. The fraction of sp³-hybridized carbons (Fsp3) is 0.364. The van der Waals surface area contributed by atoms with E-state index in [4.69, 9.17) is 9.47 Å². The van der Waals surface area contributed by atoms with Gasteiger partial charge in [0, 0.05) is 6.07 Å². The Kier molecular flexibility index (Phi) is 4.45. The number of carbonyl (C=O) groups excluding carboxylic acids is 1. The first kappa shape index (κ1) is 13.0. The lowest BCUT2D eigenvalue weighted by atomic mass is 10.1. The van der Waals surface area contributed by atoms with Crippen molar-refractivity contribution in [1.29, 1.82) is 0 Å². The quantitative estimate of drug-likeness (QED) is 0.444. The van der Waals surface area contributed by atoms with Crippen LogP contribution < -0.4 is 4.74 Å². The summed E-state index contributed by atoms with van der Waals surface area (Å²) in [6.45, 7) is 1.98. The van der Waals surface area contributed by atoms with Gasteiger partial charge in [-0.15, -0.1) is 0 Å². The molecule has 0 atom stereocenters. The summed E-state index contributed by atoms with van der Waals surface area (Å²) >= 11 is 0. The van der Waals surface area contributed by atoms with Crippen molar-refractivity contribution in [2.45, 2.75) is 13.3 Å². The molecule has 0 aliphatic carbocycles. The van der Waals surface area contributed by atoms with E-state index in [1.165, 1.54) is 19.2 Å². The zero-order valence-electron chi connectivity index (χ0n) is 9.63. The second-order valence-electron chi connectivity index (χ2n) is 3.28. The van der Waals surface area contributed by atoms with E-state index in [0.29, 0.717) is 11.3 Å². The van der Waals surface area contributed by atoms with Crippen molar-refractivity contribution < 1.29 is 19.2 Å². The monoisotopic (exact) mass is 239 g/mol. The number of hydrogen-bond donors (Lipinski definition) is 0. The summed E-state index contributed by atoms with van der Waals surface area (Å²) in [5, 5.41) is 10.7. The van der Waals surface area contributed by atoms with Gasteiger partial charge in [0.1, 0.15) is 5.75 Å². The lowest BCUT2D eigenvalue weighted by molar-refractivity contribution is -0.385. The summed E-state index contributed by atoms with van der Waals surface area (Å²) < 4.78 is 9.70. The minimum absolute atomic E-state index is 0.00806. The zero-order valence-corrected chi connectivity index (χ0v) is 9.63. The van der Waals surface area contributed by atoms with E-state index in [0.717, 1.165) is 0 Å². The number of esters is 1. The molecule has 6 nitrogen and oxygen atoms in total. The Hall–Kier alpha value is -2.11. The van der Waals surface area contributed by atoms with Gasteiger partial charge in [0.05, 0.1) is 31.1 Å². The summed E-state index contributed by atoms with van der Waals surface area (Å²) in [7, 11) is 1.41. The smallest absolute Gasteiger partial charge is 0.310 e. The standard InChI is InChI=1S/C11H13NO5/c1-3-17-11(13)6-8-4-9(12(14)15)7-10(5-8)16-2/h4-5,7H,3,6H2,1-2H3. The van der Waals surface area contributed by atoms with Crippen LogP contribution in [0.25, 0.3) is 0 Å². The fourth-order valence-corrected chi connectivity index (χ4v) is 1.35. The molecule has 0 radical (unpaired) electrons. The van der Waals surface area contributed by atoms with Crippen LogP contribution in [0.1, 0.15) is 12.5 Å². The molecule has 0 aliphatic rings. The van der Waals surface area contributed by atoms with Crippen LogP contribution in [0.2, 0.25) is 0 Å². The predicted molar refractivity (Wildman–Crippen MR) is 60.0 cm³/mol. The van der Waals surface area contributed by atoms with Gasteiger partial charge < -0.3 is 9.47 Å². The van der Waals surface area contributed by atoms with Crippen LogP contribution in [-0.4, -0.2) is 24.6 Å². The second kappa shape index (κ2) is 5.83. The highest BCUT2D eigenvalue weighted by atomic mass is 16.6. The van der Waals surface area contributed by atoms with Crippen LogP contribution in [0.3, 0.4) is 0 Å². The van der Waals surface area contributed by atoms with Gasteiger partial charge in [0.15, 0.2) is 0 Å². The third kappa shape index (κ3) is 3.75. The molecule has 92 valence electrons. The van der Waals surface area contributed by atoms with E-state index >= 15 is 0 Å². The summed E-state index contributed by atoms with van der Waals surface area (Å²) in [6, 6.07) is 4.21. The van der Waals surface area contributed by atoms with E-state index in [2.05, 4.69) is 0 Å². The van der Waals surface area contributed by atoms with Gasteiger partial charge in [-0.2, -0.15) is 0 Å². The van der Waals surface area contributed by atoms with Gasteiger partial charge in [-0.1, -0.05) is 0 Å². The lowest BCUT2D eigenvalue weighted by Crippen LogP contribution is -2.07. The molecule has 0 unspecified atom stereocenters. The molecule has 0 N–H and O–H groups in total. The van der Waals surface area contributed by atoms with E-state index in [-0.39, 0.29) is 18.7 Å². The average molecular weight is 239 g/mol. The largest absolute Gasteiger partial charge is 0.496 e. The molecule has 1 aromatic rings. The first-order chi connectivity index (χ1) is 8.06. The van der Waals surface area contributed by atoms with Gasteiger partial charge in [-0.3, -0.25) is 14.9 Å². The highest BCUT2D eigenvalue weighted by Crippen LogP contribution is 2.22. The predicted octanol–water partition coefficient (Wildman–Crippen LogP) is 1.71. The Morgan fingerprint density at radius 2 is 2.12 bits per heavy atom. The van der Waals surface area contributed by atoms with Crippen molar-refractivity contribution in [2.24, 2.45) is 0 Å². The average Bonchev–Trinajstić information content (AvgIpc) is 2.28. The van der Waals surface area contributed by atoms with Gasteiger partial charge in [0.25, 0.3) is 5.69 Å². The van der Waals surface area contributed by atoms with Crippen molar-refractivity contribution in [2.75, 3.05) is 13.7 Å². The molecule has 6 heteroatoms. The molecule has 1 aromatic carbocycles. The Balaban J connectivity index is 2.94. The number of hydrogen-bond acceptors (Lipinski definition) is 5. The maximum absolute atomic E-state index is 11.3. The van der Waals surface area contributed by atoms with Crippen LogP contribution in [-0.2, 0) is 16.0 Å². The molecule has 17 heavy (non-hydrogen) atoms. The van der Waals surface area contributed by atoms with Gasteiger partial charge in [0.2, 0.25) is 0 Å². The number of carbonyl (C=O) groups is 1. The maximum atomic E-state index is 11.3. The number of rotatable bonds is 5. The molecule has 1 rings (SSSR count). The minimum atomic E-state index is -0.531. The highest BCUT2D eigenvalue weighted by Gasteiger charge is 2.12. The number of nitro benzene ring substituents is 1. The van der Waals surface area contributed by atoms with Crippen LogP contribution in [0.15, 0.2) is 18.2 Å². The first-order valence-corrected chi connectivity index (χ1v) is 5.04. The van der Waals surface area contributed by atoms with Crippen molar-refractivity contribution >= 4 is 11.7 Å². The Bertz CT molecular complexity index is 430. The summed E-state index contributed by atoms with van der Waals surface area (Å²) in [5.74, 6) is -0.0754.